The molecular formula is C16H25ClN2O2. The Bertz CT molecular complexity index is 452. The van der Waals surface area contributed by atoms with Gasteiger partial charge >= 0.3 is 0 Å². The molecule has 0 aliphatic rings. The zero-order valence-corrected chi connectivity index (χ0v) is 13.6. The van der Waals surface area contributed by atoms with Gasteiger partial charge in [0.15, 0.2) is 0 Å². The normalized spacial score (nSPS) is 12.1. The largest absolute Gasteiger partial charge is 0.397 e. The average molecular weight is 313 g/mol. The van der Waals surface area contributed by atoms with Crippen molar-refractivity contribution in [3.05, 3.63) is 23.2 Å². The van der Waals surface area contributed by atoms with Gasteiger partial charge in [-0.15, -0.1) is 0 Å². The van der Waals surface area contributed by atoms with Crippen molar-refractivity contribution in [3.8, 4) is 0 Å². The third kappa shape index (κ3) is 7.34. The number of carbonyl (C=O) groups excluding carboxylic acids is 1. The van der Waals surface area contributed by atoms with Crippen LogP contribution in [0.1, 0.15) is 46.0 Å². The van der Waals surface area contributed by atoms with Crippen LogP contribution < -0.4 is 11.1 Å². The second-order valence-electron chi connectivity index (χ2n) is 5.26. The highest BCUT2D eigenvalue weighted by Gasteiger charge is 2.08. The maximum Gasteiger partial charge on any atom is 0.250 e. The second kappa shape index (κ2) is 9.64. The standard InChI is InChI=1S/C16H25ClN2O2/c1-3-4-5-6-7-12(2)21-11-16(20)19-13-8-9-14(17)15(18)10-13/h8-10,12H,3-7,11,18H2,1-2H3,(H,19,20). The van der Waals surface area contributed by atoms with Crippen LogP contribution in [0.3, 0.4) is 0 Å². The Balaban J connectivity index is 2.25. The van der Waals surface area contributed by atoms with E-state index in [0.29, 0.717) is 16.4 Å². The van der Waals surface area contributed by atoms with Crippen molar-refractivity contribution in [2.45, 2.75) is 52.1 Å². The highest BCUT2D eigenvalue weighted by Crippen LogP contribution is 2.22. The quantitative estimate of drug-likeness (QED) is 0.529. The first-order valence-corrected chi connectivity index (χ1v) is 7.87. The number of unbranched alkanes of at least 4 members (excludes halogenated alkanes) is 3. The molecule has 0 aliphatic heterocycles. The summed E-state index contributed by atoms with van der Waals surface area (Å²) in [6, 6.07) is 5.00. The Hall–Kier alpha value is -1.26. The fraction of sp³-hybridized carbons (Fsp3) is 0.562. The molecule has 0 aromatic heterocycles. The fourth-order valence-corrected chi connectivity index (χ4v) is 2.10. The van der Waals surface area contributed by atoms with Gasteiger partial charge in [-0.05, 0) is 31.5 Å². The minimum absolute atomic E-state index is 0.0531. The summed E-state index contributed by atoms with van der Waals surface area (Å²) in [4.78, 5) is 11.8. The molecule has 0 spiro atoms. The van der Waals surface area contributed by atoms with E-state index in [1.165, 1.54) is 19.3 Å². The molecule has 1 amide bonds. The predicted molar refractivity (Wildman–Crippen MR) is 88.7 cm³/mol. The summed E-state index contributed by atoms with van der Waals surface area (Å²) in [6.07, 6.45) is 5.93. The van der Waals surface area contributed by atoms with E-state index in [2.05, 4.69) is 12.2 Å². The van der Waals surface area contributed by atoms with E-state index in [0.717, 1.165) is 12.8 Å². The van der Waals surface area contributed by atoms with Crippen molar-refractivity contribution >= 4 is 28.9 Å². The highest BCUT2D eigenvalue weighted by molar-refractivity contribution is 6.33. The highest BCUT2D eigenvalue weighted by atomic mass is 35.5. The number of anilines is 2. The molecule has 0 bridgehead atoms. The minimum atomic E-state index is -0.183. The molecule has 0 heterocycles. The number of amides is 1. The third-order valence-electron chi connectivity index (χ3n) is 3.24. The van der Waals surface area contributed by atoms with Crippen molar-refractivity contribution < 1.29 is 9.53 Å². The first-order chi connectivity index (χ1) is 10.0. The van der Waals surface area contributed by atoms with Gasteiger partial charge in [-0.3, -0.25) is 4.79 Å². The molecule has 0 saturated heterocycles. The number of nitrogens with one attached hydrogen (secondary N) is 1. The van der Waals surface area contributed by atoms with Crippen LogP contribution in [-0.4, -0.2) is 18.6 Å². The maximum absolute atomic E-state index is 11.8. The van der Waals surface area contributed by atoms with Crippen LogP contribution in [0.5, 0.6) is 0 Å². The van der Waals surface area contributed by atoms with Crippen LogP contribution >= 0.6 is 11.6 Å². The van der Waals surface area contributed by atoms with Crippen LogP contribution in [-0.2, 0) is 9.53 Å². The summed E-state index contributed by atoms with van der Waals surface area (Å²) in [7, 11) is 0. The number of nitrogens with two attached hydrogens (primary N) is 1. The Morgan fingerprint density at radius 3 is 2.81 bits per heavy atom. The zero-order valence-electron chi connectivity index (χ0n) is 12.8. The number of benzene rings is 1. The molecule has 1 unspecified atom stereocenters. The fourth-order valence-electron chi connectivity index (χ4n) is 1.98. The summed E-state index contributed by atoms with van der Waals surface area (Å²) in [5.74, 6) is -0.183. The Labute approximate surface area is 132 Å². The molecule has 0 aliphatic carbocycles. The molecule has 1 rings (SSSR count). The first-order valence-electron chi connectivity index (χ1n) is 7.49. The lowest BCUT2D eigenvalue weighted by molar-refractivity contribution is -0.122. The summed E-state index contributed by atoms with van der Waals surface area (Å²) < 4.78 is 5.54. The Kier molecular flexibility index (Phi) is 8.16. The molecule has 1 aromatic carbocycles. The van der Waals surface area contributed by atoms with Crippen LogP contribution in [0.2, 0.25) is 5.02 Å². The summed E-state index contributed by atoms with van der Waals surface area (Å²) >= 11 is 5.83. The van der Waals surface area contributed by atoms with Gasteiger partial charge in [0.1, 0.15) is 6.61 Å². The SMILES string of the molecule is CCCCCCC(C)OCC(=O)Nc1ccc(Cl)c(N)c1. The number of ether oxygens (including phenoxy) is 1. The van der Waals surface area contributed by atoms with Gasteiger partial charge in [-0.2, -0.15) is 0 Å². The van der Waals surface area contributed by atoms with E-state index in [9.17, 15) is 4.79 Å². The van der Waals surface area contributed by atoms with Gasteiger partial charge in [0.05, 0.1) is 16.8 Å². The maximum atomic E-state index is 11.8. The summed E-state index contributed by atoms with van der Waals surface area (Å²) in [5, 5.41) is 3.22. The van der Waals surface area contributed by atoms with Crippen molar-refractivity contribution in [2.24, 2.45) is 0 Å². The van der Waals surface area contributed by atoms with Gasteiger partial charge in [0.25, 0.3) is 0 Å². The molecule has 4 nitrogen and oxygen atoms in total. The smallest absolute Gasteiger partial charge is 0.250 e. The zero-order chi connectivity index (χ0) is 15.7. The number of nitrogen functional groups attached to an aromatic ring is 1. The molecule has 3 N–H and O–H groups in total. The van der Waals surface area contributed by atoms with Crippen molar-refractivity contribution in [3.63, 3.8) is 0 Å². The lowest BCUT2D eigenvalue weighted by Gasteiger charge is -2.13. The molecule has 118 valence electrons. The number of hydrogen-bond acceptors (Lipinski definition) is 3. The van der Waals surface area contributed by atoms with Crippen LogP contribution in [0, 0.1) is 0 Å². The van der Waals surface area contributed by atoms with Crippen LogP contribution in [0.25, 0.3) is 0 Å². The van der Waals surface area contributed by atoms with E-state index in [-0.39, 0.29) is 18.6 Å². The monoisotopic (exact) mass is 312 g/mol. The van der Waals surface area contributed by atoms with Crippen molar-refractivity contribution in [1.82, 2.24) is 0 Å². The molecule has 5 heteroatoms. The summed E-state index contributed by atoms with van der Waals surface area (Å²) in [6.45, 7) is 4.24. The number of hydrogen-bond donors (Lipinski definition) is 2. The molecule has 21 heavy (non-hydrogen) atoms. The van der Waals surface area contributed by atoms with E-state index < -0.39 is 0 Å². The molecule has 1 atom stereocenters. The molecular weight excluding hydrogens is 288 g/mol. The lowest BCUT2D eigenvalue weighted by atomic mass is 10.1. The van der Waals surface area contributed by atoms with E-state index in [1.807, 2.05) is 6.92 Å². The van der Waals surface area contributed by atoms with Crippen molar-refractivity contribution in [2.75, 3.05) is 17.7 Å². The van der Waals surface area contributed by atoms with E-state index in [4.69, 9.17) is 22.1 Å². The molecule has 0 radical (unpaired) electrons. The van der Waals surface area contributed by atoms with Gasteiger partial charge in [-0.1, -0.05) is 44.2 Å². The summed E-state index contributed by atoms with van der Waals surface area (Å²) in [5.41, 5.74) is 6.75. The lowest BCUT2D eigenvalue weighted by Crippen LogP contribution is -2.22. The Morgan fingerprint density at radius 2 is 2.14 bits per heavy atom. The predicted octanol–water partition coefficient (Wildman–Crippen LogP) is 4.24. The van der Waals surface area contributed by atoms with Gasteiger partial charge in [-0.25, -0.2) is 0 Å². The van der Waals surface area contributed by atoms with Crippen LogP contribution in [0.4, 0.5) is 11.4 Å². The van der Waals surface area contributed by atoms with Crippen LogP contribution in [0.15, 0.2) is 18.2 Å². The average Bonchev–Trinajstić information content (AvgIpc) is 2.45. The van der Waals surface area contributed by atoms with E-state index >= 15 is 0 Å². The van der Waals surface area contributed by atoms with E-state index in [1.54, 1.807) is 18.2 Å². The Morgan fingerprint density at radius 1 is 1.38 bits per heavy atom. The van der Waals surface area contributed by atoms with Crippen molar-refractivity contribution in [1.29, 1.82) is 0 Å². The van der Waals surface area contributed by atoms with Gasteiger partial charge < -0.3 is 15.8 Å². The topological polar surface area (TPSA) is 64.3 Å². The minimum Gasteiger partial charge on any atom is -0.397 e. The molecule has 1 aromatic rings. The molecule has 0 fully saturated rings. The number of carbonyl (C=O) groups is 1. The number of rotatable bonds is 9. The number of halogens is 1. The second-order valence-corrected chi connectivity index (χ2v) is 5.66. The van der Waals surface area contributed by atoms with Gasteiger partial charge in [0.2, 0.25) is 5.91 Å². The first kappa shape index (κ1) is 17.8. The van der Waals surface area contributed by atoms with Gasteiger partial charge in [0, 0.05) is 5.69 Å². The third-order valence-corrected chi connectivity index (χ3v) is 3.59. The molecule has 0 saturated carbocycles.